The van der Waals surface area contributed by atoms with Gasteiger partial charge in [-0.25, -0.2) is 0 Å². The van der Waals surface area contributed by atoms with Crippen LogP contribution in [0.2, 0.25) is 0 Å². The molecule has 0 spiro atoms. The van der Waals surface area contributed by atoms with Crippen LogP contribution in [0.15, 0.2) is 63.8 Å². The molecule has 1 aliphatic heterocycles. The molecule has 5 heteroatoms. The first-order valence-electron chi connectivity index (χ1n) is 10.9. The van der Waals surface area contributed by atoms with Gasteiger partial charge in [-0.3, -0.25) is 4.79 Å². The molecule has 0 saturated carbocycles. The Morgan fingerprint density at radius 1 is 1.13 bits per heavy atom. The lowest BCUT2D eigenvalue weighted by Crippen LogP contribution is -2.47. The van der Waals surface area contributed by atoms with Gasteiger partial charge in [0.25, 0.3) is 0 Å². The van der Waals surface area contributed by atoms with E-state index in [2.05, 4.69) is 12.2 Å². The van der Waals surface area contributed by atoms with Crippen LogP contribution in [0.3, 0.4) is 0 Å². The van der Waals surface area contributed by atoms with Gasteiger partial charge in [-0.1, -0.05) is 50.1 Å². The maximum atomic E-state index is 12.8. The molecule has 1 fully saturated rings. The molecule has 3 aromatic rings. The number of hydrogen-bond donors (Lipinski definition) is 1. The maximum Gasteiger partial charge on any atom is 0.193 e. The Labute approximate surface area is 177 Å². The maximum absolute atomic E-state index is 12.8. The summed E-state index contributed by atoms with van der Waals surface area (Å²) < 4.78 is 18.3. The second-order valence-electron chi connectivity index (χ2n) is 7.76. The molecule has 0 bridgehead atoms. The van der Waals surface area contributed by atoms with Crippen LogP contribution in [0.5, 0.6) is 5.75 Å². The van der Waals surface area contributed by atoms with Gasteiger partial charge in [0.15, 0.2) is 5.43 Å². The highest BCUT2D eigenvalue weighted by atomic mass is 16.5. The molecule has 0 radical (unpaired) electrons. The molecular weight excluding hydrogens is 378 g/mol. The second kappa shape index (κ2) is 9.92. The molecule has 2 atom stereocenters. The Hall–Kier alpha value is -2.63. The molecule has 1 aliphatic rings. The minimum atomic E-state index is -0.0707. The highest BCUT2D eigenvalue weighted by molar-refractivity contribution is 5.80. The molecule has 4 rings (SSSR count). The third-order valence-corrected chi connectivity index (χ3v) is 5.51. The van der Waals surface area contributed by atoms with Crippen molar-refractivity contribution >= 4 is 11.0 Å². The summed E-state index contributed by atoms with van der Waals surface area (Å²) in [4.78, 5) is 12.8. The Balaban J connectivity index is 1.58. The van der Waals surface area contributed by atoms with Crippen LogP contribution in [-0.2, 0) is 4.74 Å². The van der Waals surface area contributed by atoms with E-state index in [1.807, 2.05) is 42.5 Å². The van der Waals surface area contributed by atoms with Crippen LogP contribution < -0.4 is 15.5 Å². The number of nitrogens with one attached hydrogen (secondary N) is 1. The third kappa shape index (κ3) is 4.91. The average Bonchev–Trinajstić information content (AvgIpc) is 2.80. The van der Waals surface area contributed by atoms with E-state index in [0.29, 0.717) is 29.1 Å². The lowest BCUT2D eigenvalue weighted by molar-refractivity contribution is -0.0450. The molecule has 2 unspecified atom stereocenters. The lowest BCUT2D eigenvalue weighted by Gasteiger charge is -2.31. The minimum Gasteiger partial charge on any atom is -0.488 e. The van der Waals surface area contributed by atoms with Crippen molar-refractivity contribution in [2.75, 3.05) is 19.7 Å². The van der Waals surface area contributed by atoms with Crippen molar-refractivity contribution in [3.05, 3.63) is 64.8 Å². The molecule has 0 amide bonds. The van der Waals surface area contributed by atoms with E-state index in [9.17, 15) is 4.79 Å². The van der Waals surface area contributed by atoms with Crippen LogP contribution in [0.4, 0.5) is 0 Å². The number of hydrogen-bond acceptors (Lipinski definition) is 5. The zero-order valence-electron chi connectivity index (χ0n) is 17.4. The van der Waals surface area contributed by atoms with Crippen molar-refractivity contribution < 1.29 is 13.9 Å². The molecule has 1 N–H and O–H groups in total. The smallest absolute Gasteiger partial charge is 0.193 e. The van der Waals surface area contributed by atoms with Gasteiger partial charge in [0.2, 0.25) is 0 Å². The van der Waals surface area contributed by atoms with Gasteiger partial charge in [0, 0.05) is 24.7 Å². The standard InChI is InChI=1S/C25H29NO4/c1-2-3-5-10-23(25-17-26-13-14-28-25)29-19-11-12-22-20(15-19)21(27)16-24(30-22)18-8-6-4-7-9-18/h4,6-9,11-12,15-16,23,25-26H,2-3,5,10,13-14,17H2,1H3. The number of benzene rings is 2. The Morgan fingerprint density at radius 3 is 2.77 bits per heavy atom. The molecule has 2 aromatic carbocycles. The van der Waals surface area contributed by atoms with E-state index < -0.39 is 0 Å². The molecule has 5 nitrogen and oxygen atoms in total. The number of ether oxygens (including phenoxy) is 2. The summed E-state index contributed by atoms with van der Waals surface area (Å²) in [5.41, 5.74) is 1.38. The fourth-order valence-electron chi connectivity index (χ4n) is 3.87. The highest BCUT2D eigenvalue weighted by Crippen LogP contribution is 2.26. The first-order chi connectivity index (χ1) is 14.7. The molecule has 158 valence electrons. The van der Waals surface area contributed by atoms with Crippen molar-refractivity contribution in [2.24, 2.45) is 0 Å². The van der Waals surface area contributed by atoms with Gasteiger partial charge in [0.05, 0.1) is 12.0 Å². The van der Waals surface area contributed by atoms with E-state index in [1.54, 1.807) is 12.1 Å². The van der Waals surface area contributed by atoms with Crippen LogP contribution in [0.1, 0.15) is 32.6 Å². The second-order valence-corrected chi connectivity index (χ2v) is 7.76. The van der Waals surface area contributed by atoms with E-state index in [4.69, 9.17) is 13.9 Å². The van der Waals surface area contributed by atoms with Gasteiger partial charge < -0.3 is 19.2 Å². The zero-order chi connectivity index (χ0) is 20.8. The molecule has 30 heavy (non-hydrogen) atoms. The fraction of sp³-hybridized carbons (Fsp3) is 0.400. The monoisotopic (exact) mass is 407 g/mol. The van der Waals surface area contributed by atoms with Crippen molar-refractivity contribution in [3.63, 3.8) is 0 Å². The van der Waals surface area contributed by atoms with Gasteiger partial charge in [-0.15, -0.1) is 0 Å². The predicted molar refractivity (Wildman–Crippen MR) is 119 cm³/mol. The van der Waals surface area contributed by atoms with E-state index in [1.165, 1.54) is 6.42 Å². The third-order valence-electron chi connectivity index (χ3n) is 5.51. The molecular formula is C25H29NO4. The van der Waals surface area contributed by atoms with E-state index in [-0.39, 0.29) is 17.6 Å². The van der Waals surface area contributed by atoms with Crippen molar-refractivity contribution in [2.45, 2.75) is 44.8 Å². The lowest BCUT2D eigenvalue weighted by atomic mass is 10.0. The summed E-state index contributed by atoms with van der Waals surface area (Å²) in [6, 6.07) is 16.7. The molecule has 0 aliphatic carbocycles. The van der Waals surface area contributed by atoms with E-state index >= 15 is 0 Å². The van der Waals surface area contributed by atoms with Gasteiger partial charge in [0.1, 0.15) is 29.3 Å². The number of fused-ring (bicyclic) bond motifs is 1. The number of morpholine rings is 1. The van der Waals surface area contributed by atoms with Crippen LogP contribution in [0, 0.1) is 0 Å². The van der Waals surface area contributed by atoms with E-state index in [0.717, 1.165) is 37.9 Å². The van der Waals surface area contributed by atoms with Crippen molar-refractivity contribution in [3.8, 4) is 17.1 Å². The van der Waals surface area contributed by atoms with Gasteiger partial charge in [-0.05, 0) is 31.0 Å². The largest absolute Gasteiger partial charge is 0.488 e. The highest BCUT2D eigenvalue weighted by Gasteiger charge is 2.26. The van der Waals surface area contributed by atoms with Crippen LogP contribution in [0.25, 0.3) is 22.3 Å². The Bertz CT molecular complexity index is 1010. The van der Waals surface area contributed by atoms with Gasteiger partial charge in [-0.2, -0.15) is 0 Å². The first kappa shape index (κ1) is 20.6. The minimum absolute atomic E-state index is 0.0168. The fourth-order valence-corrected chi connectivity index (χ4v) is 3.87. The Morgan fingerprint density at radius 2 is 2.00 bits per heavy atom. The van der Waals surface area contributed by atoms with Crippen LogP contribution in [-0.4, -0.2) is 31.9 Å². The molecule has 2 heterocycles. The summed E-state index contributed by atoms with van der Waals surface area (Å²) in [5.74, 6) is 1.25. The summed E-state index contributed by atoms with van der Waals surface area (Å²) >= 11 is 0. The van der Waals surface area contributed by atoms with Crippen LogP contribution >= 0.6 is 0 Å². The topological polar surface area (TPSA) is 60.7 Å². The van der Waals surface area contributed by atoms with Gasteiger partial charge >= 0.3 is 0 Å². The summed E-state index contributed by atoms with van der Waals surface area (Å²) in [5, 5.41) is 3.91. The molecule has 1 aromatic heterocycles. The summed E-state index contributed by atoms with van der Waals surface area (Å²) in [7, 11) is 0. The zero-order valence-corrected chi connectivity index (χ0v) is 17.4. The summed E-state index contributed by atoms with van der Waals surface area (Å²) in [6.07, 6.45) is 4.33. The average molecular weight is 408 g/mol. The quantitative estimate of drug-likeness (QED) is 0.545. The first-order valence-corrected chi connectivity index (χ1v) is 10.9. The number of rotatable bonds is 8. The summed E-state index contributed by atoms with van der Waals surface area (Å²) in [6.45, 7) is 4.55. The SMILES string of the molecule is CCCCCC(Oc1ccc2oc(-c3ccccc3)cc(=O)c2c1)C1CNCCO1. The molecule has 1 saturated heterocycles. The number of unbranched alkanes of at least 4 members (excludes halogenated alkanes) is 2. The predicted octanol–water partition coefficient (Wildman–Crippen LogP) is 4.78. The Kier molecular flexibility index (Phi) is 6.82. The van der Waals surface area contributed by atoms with Crippen molar-refractivity contribution in [1.29, 1.82) is 0 Å². The normalized spacial score (nSPS) is 17.7. The van der Waals surface area contributed by atoms with Crippen molar-refractivity contribution in [1.82, 2.24) is 5.32 Å².